The fourth-order valence-corrected chi connectivity index (χ4v) is 3.61. The normalized spacial score (nSPS) is 27.0. The fraction of sp³-hybridized carbons (Fsp3) is 0.444. The van der Waals surface area contributed by atoms with Crippen LogP contribution in [-0.4, -0.2) is 58.2 Å². The van der Waals surface area contributed by atoms with Gasteiger partial charge >= 0.3 is 0 Å². The molecule has 6 nitrogen and oxygen atoms in total. The zero-order valence-corrected chi connectivity index (χ0v) is 13.8. The third kappa shape index (κ3) is 3.07. The summed E-state index contributed by atoms with van der Waals surface area (Å²) in [6, 6.07) is 8.23. The quantitative estimate of drug-likeness (QED) is 0.928. The lowest BCUT2D eigenvalue weighted by molar-refractivity contribution is -0.0390. The molecular weight excluding hydrogens is 304 g/mol. The number of rotatable bonds is 3. The van der Waals surface area contributed by atoms with Crippen LogP contribution in [0.5, 0.6) is 0 Å². The highest BCUT2D eigenvalue weighted by atomic mass is 16.5. The molecule has 24 heavy (non-hydrogen) atoms. The summed E-state index contributed by atoms with van der Waals surface area (Å²) in [5, 5.41) is 3.17. The number of hydrogen-bond donors (Lipinski definition) is 1. The highest BCUT2D eigenvalue weighted by molar-refractivity contribution is 5.94. The molecule has 1 aromatic carbocycles. The van der Waals surface area contributed by atoms with Crippen LogP contribution < -0.4 is 5.32 Å². The lowest BCUT2D eigenvalue weighted by Crippen LogP contribution is -2.45. The van der Waals surface area contributed by atoms with Crippen molar-refractivity contribution in [2.45, 2.75) is 31.5 Å². The summed E-state index contributed by atoms with van der Waals surface area (Å²) in [5.41, 5.74) is 1.68. The monoisotopic (exact) mass is 326 g/mol. The summed E-state index contributed by atoms with van der Waals surface area (Å²) in [6.45, 7) is 4.74. The maximum Gasteiger partial charge on any atom is 0.251 e. The van der Waals surface area contributed by atoms with Crippen molar-refractivity contribution in [3.8, 4) is 5.69 Å². The van der Waals surface area contributed by atoms with E-state index >= 15 is 0 Å². The molecular formula is C18H22N4O2. The van der Waals surface area contributed by atoms with Crippen LogP contribution in [-0.2, 0) is 4.74 Å². The van der Waals surface area contributed by atoms with Crippen LogP contribution >= 0.6 is 0 Å². The van der Waals surface area contributed by atoms with Gasteiger partial charge in [-0.05, 0) is 37.6 Å². The Hall–Kier alpha value is -2.18. The highest BCUT2D eigenvalue weighted by Gasteiger charge is 2.36. The van der Waals surface area contributed by atoms with Gasteiger partial charge in [0.05, 0.1) is 19.0 Å². The molecule has 4 rings (SSSR count). The van der Waals surface area contributed by atoms with Gasteiger partial charge in [0.1, 0.15) is 0 Å². The number of amides is 1. The van der Waals surface area contributed by atoms with Gasteiger partial charge in [-0.25, -0.2) is 4.98 Å². The first kappa shape index (κ1) is 15.4. The molecule has 2 aliphatic heterocycles. The van der Waals surface area contributed by atoms with Crippen LogP contribution in [0.25, 0.3) is 5.69 Å². The van der Waals surface area contributed by atoms with E-state index in [2.05, 4.69) is 22.1 Å². The first-order valence-electron chi connectivity index (χ1n) is 8.44. The maximum atomic E-state index is 12.5. The largest absolute Gasteiger partial charge is 0.376 e. The smallest absolute Gasteiger partial charge is 0.251 e. The minimum absolute atomic E-state index is 0.00834. The summed E-state index contributed by atoms with van der Waals surface area (Å²) in [7, 11) is 0. The van der Waals surface area contributed by atoms with Crippen molar-refractivity contribution in [2.75, 3.05) is 19.7 Å². The Morgan fingerprint density at radius 3 is 2.88 bits per heavy atom. The lowest BCUT2D eigenvalue weighted by Gasteiger charge is -2.33. The Morgan fingerprint density at radius 2 is 2.12 bits per heavy atom. The highest BCUT2D eigenvalue weighted by Crippen LogP contribution is 2.23. The van der Waals surface area contributed by atoms with Crippen molar-refractivity contribution in [1.82, 2.24) is 19.8 Å². The zero-order chi connectivity index (χ0) is 16.5. The predicted octanol–water partition coefficient (Wildman–Crippen LogP) is 1.46. The Bertz CT molecular complexity index is 698. The molecule has 1 N–H and O–H groups in total. The molecule has 0 unspecified atom stereocenters. The van der Waals surface area contributed by atoms with Crippen molar-refractivity contribution < 1.29 is 9.53 Å². The van der Waals surface area contributed by atoms with E-state index in [4.69, 9.17) is 4.74 Å². The number of carbonyl (C=O) groups excluding carboxylic acids is 1. The molecule has 0 saturated carbocycles. The third-order valence-corrected chi connectivity index (χ3v) is 4.86. The van der Waals surface area contributed by atoms with Crippen molar-refractivity contribution >= 4 is 5.91 Å². The Labute approximate surface area is 141 Å². The Kier molecular flexibility index (Phi) is 4.08. The van der Waals surface area contributed by atoms with Crippen LogP contribution in [0.4, 0.5) is 0 Å². The molecule has 126 valence electrons. The van der Waals surface area contributed by atoms with Crippen LogP contribution in [0.2, 0.25) is 0 Å². The minimum Gasteiger partial charge on any atom is -0.376 e. The number of imidazole rings is 1. The Balaban J connectivity index is 1.38. The fourth-order valence-electron chi connectivity index (χ4n) is 3.61. The van der Waals surface area contributed by atoms with E-state index in [0.717, 1.165) is 31.8 Å². The number of morpholine rings is 1. The molecule has 0 bridgehead atoms. The summed E-state index contributed by atoms with van der Waals surface area (Å²) >= 11 is 0. The molecule has 3 heterocycles. The van der Waals surface area contributed by atoms with Crippen molar-refractivity contribution in [3.05, 3.63) is 48.5 Å². The van der Waals surface area contributed by atoms with Gasteiger partial charge in [0.15, 0.2) is 0 Å². The first-order valence-corrected chi connectivity index (χ1v) is 8.44. The summed E-state index contributed by atoms with van der Waals surface area (Å²) in [5.74, 6) is -0.00834. The number of nitrogens with zero attached hydrogens (tertiary/aromatic N) is 3. The van der Waals surface area contributed by atoms with Crippen LogP contribution in [0.15, 0.2) is 43.0 Å². The topological polar surface area (TPSA) is 59.4 Å². The van der Waals surface area contributed by atoms with E-state index in [9.17, 15) is 4.79 Å². The summed E-state index contributed by atoms with van der Waals surface area (Å²) in [4.78, 5) is 19.0. The molecule has 3 atom stereocenters. The van der Waals surface area contributed by atoms with Gasteiger partial charge in [0, 0.05) is 48.8 Å². The minimum atomic E-state index is -0.00834. The number of aromatic nitrogens is 2. The number of fused-ring (bicyclic) bond motifs is 1. The van der Waals surface area contributed by atoms with E-state index in [-0.39, 0.29) is 18.1 Å². The Morgan fingerprint density at radius 1 is 1.29 bits per heavy atom. The lowest BCUT2D eigenvalue weighted by atomic mass is 10.1. The zero-order valence-electron chi connectivity index (χ0n) is 13.8. The van der Waals surface area contributed by atoms with Crippen molar-refractivity contribution in [2.24, 2.45) is 0 Å². The number of ether oxygens (including phenoxy) is 1. The predicted molar refractivity (Wildman–Crippen MR) is 90.2 cm³/mol. The van der Waals surface area contributed by atoms with E-state index < -0.39 is 0 Å². The van der Waals surface area contributed by atoms with Crippen LogP contribution in [0, 0.1) is 0 Å². The van der Waals surface area contributed by atoms with Crippen LogP contribution in [0.1, 0.15) is 23.7 Å². The van der Waals surface area contributed by atoms with E-state index in [0.29, 0.717) is 11.6 Å². The SMILES string of the molecule is C[C@H]1CN2C[C@@H](NC(=O)c3ccc(-n4ccnc4)cc3)C[C@H]2CO1. The second-order valence-corrected chi connectivity index (χ2v) is 6.67. The first-order chi connectivity index (χ1) is 11.7. The van der Waals surface area contributed by atoms with Gasteiger partial charge < -0.3 is 14.6 Å². The molecule has 1 amide bonds. The molecule has 1 aromatic heterocycles. The molecule has 2 aromatic rings. The van der Waals surface area contributed by atoms with Gasteiger partial charge in [0.2, 0.25) is 0 Å². The summed E-state index contributed by atoms with van der Waals surface area (Å²) < 4.78 is 7.63. The van der Waals surface area contributed by atoms with Gasteiger partial charge in [-0.15, -0.1) is 0 Å². The number of carbonyl (C=O) groups is 1. The second-order valence-electron chi connectivity index (χ2n) is 6.67. The molecule has 0 radical (unpaired) electrons. The van der Waals surface area contributed by atoms with Gasteiger partial charge in [-0.2, -0.15) is 0 Å². The molecule has 6 heteroatoms. The van der Waals surface area contributed by atoms with Crippen molar-refractivity contribution in [3.63, 3.8) is 0 Å². The van der Waals surface area contributed by atoms with E-state index in [1.54, 1.807) is 12.5 Å². The van der Waals surface area contributed by atoms with Gasteiger partial charge in [-0.1, -0.05) is 0 Å². The molecule has 2 fully saturated rings. The van der Waals surface area contributed by atoms with E-state index in [1.165, 1.54) is 0 Å². The maximum absolute atomic E-state index is 12.5. The second kappa shape index (κ2) is 6.37. The molecule has 2 aliphatic rings. The van der Waals surface area contributed by atoms with Crippen molar-refractivity contribution in [1.29, 1.82) is 0 Å². The molecule has 2 saturated heterocycles. The van der Waals surface area contributed by atoms with E-state index in [1.807, 2.05) is 35.0 Å². The standard InChI is InChI=1S/C18H22N4O2/c1-13-9-22-10-15(8-17(22)11-24-13)20-18(23)14-2-4-16(5-3-14)21-7-6-19-12-21/h2-7,12-13,15,17H,8-11H2,1H3,(H,20,23)/t13-,15-,17-/m0/s1. The third-order valence-electron chi connectivity index (χ3n) is 4.86. The van der Waals surface area contributed by atoms with Gasteiger partial charge in [-0.3, -0.25) is 9.69 Å². The van der Waals surface area contributed by atoms with Crippen LogP contribution in [0.3, 0.4) is 0 Å². The summed E-state index contributed by atoms with van der Waals surface area (Å²) in [6.07, 6.45) is 6.61. The molecule has 0 aliphatic carbocycles. The van der Waals surface area contributed by atoms with Gasteiger partial charge in [0.25, 0.3) is 5.91 Å². The number of benzene rings is 1. The average molecular weight is 326 g/mol. The molecule has 0 spiro atoms. The number of hydrogen-bond acceptors (Lipinski definition) is 4. The average Bonchev–Trinajstić information content (AvgIpc) is 3.23. The number of nitrogens with one attached hydrogen (secondary N) is 1.